The van der Waals surface area contributed by atoms with Crippen LogP contribution in [0, 0.1) is 0 Å². The molecule has 0 aliphatic rings. The van der Waals surface area contributed by atoms with Crippen LogP contribution in [0.15, 0.2) is 10.8 Å². The van der Waals surface area contributed by atoms with Gasteiger partial charge < -0.3 is 9.73 Å². The summed E-state index contributed by atoms with van der Waals surface area (Å²) in [5, 5.41) is 2.56. The molecule has 0 saturated heterocycles. The van der Waals surface area contributed by atoms with E-state index in [-0.39, 0.29) is 11.5 Å². The summed E-state index contributed by atoms with van der Waals surface area (Å²) in [5.74, 6) is -1.23. The molecule has 0 bridgehead atoms. The predicted octanol–water partition coefficient (Wildman–Crippen LogP) is 0.987. The number of nitrogens with one attached hydrogen (secondary N) is 1. The summed E-state index contributed by atoms with van der Waals surface area (Å²) < 4.78 is 5.89. The van der Waals surface area contributed by atoms with Gasteiger partial charge in [-0.3, -0.25) is 13.9 Å². The Morgan fingerprint density at radius 2 is 2.12 bits per heavy atom. The van der Waals surface area contributed by atoms with Gasteiger partial charge in [-0.05, 0) is 13.8 Å². The number of hydrogen-bond acceptors (Lipinski definition) is 6. The monoisotopic (exact) mass is 275 g/mol. The molecule has 94 valence electrons. The van der Waals surface area contributed by atoms with E-state index in [2.05, 4.69) is 35.7 Å². The van der Waals surface area contributed by atoms with E-state index in [1.807, 2.05) is 0 Å². The summed E-state index contributed by atoms with van der Waals surface area (Å²) in [6.45, 7) is 3.39. The standard InChI is InChI=1S/C9H13N3O3S2/c1-9(2,16)11-7(13)5-6(15-4-10-5)8(14)12(3)17/h4,16-17H,1-3H3,(H,11,13). The maximum Gasteiger partial charge on any atom is 0.301 e. The lowest BCUT2D eigenvalue weighted by molar-refractivity contribution is 0.0846. The molecule has 8 heteroatoms. The first-order chi connectivity index (χ1) is 7.72. The van der Waals surface area contributed by atoms with E-state index in [9.17, 15) is 9.59 Å². The van der Waals surface area contributed by atoms with Gasteiger partial charge in [0.15, 0.2) is 12.1 Å². The maximum absolute atomic E-state index is 11.8. The first-order valence-electron chi connectivity index (χ1n) is 4.67. The highest BCUT2D eigenvalue weighted by Gasteiger charge is 2.26. The van der Waals surface area contributed by atoms with Crippen molar-refractivity contribution in [1.82, 2.24) is 14.6 Å². The van der Waals surface area contributed by atoms with E-state index in [0.717, 1.165) is 10.7 Å². The Labute approximate surface area is 110 Å². The minimum Gasteiger partial charge on any atom is -0.437 e. The van der Waals surface area contributed by atoms with Gasteiger partial charge in [-0.2, -0.15) is 12.6 Å². The summed E-state index contributed by atoms with van der Waals surface area (Å²) in [5.41, 5.74) is -0.0852. The summed E-state index contributed by atoms with van der Waals surface area (Å²) in [6, 6.07) is 0. The number of carbonyl (C=O) groups excluding carboxylic acids is 2. The smallest absolute Gasteiger partial charge is 0.301 e. The number of nitrogens with zero attached hydrogens (tertiary/aromatic N) is 2. The predicted molar refractivity (Wildman–Crippen MR) is 68.1 cm³/mol. The third-order valence-electron chi connectivity index (χ3n) is 1.69. The highest BCUT2D eigenvalue weighted by Crippen LogP contribution is 2.13. The first kappa shape index (κ1) is 13.9. The number of oxazole rings is 1. The molecule has 1 aromatic rings. The summed E-state index contributed by atoms with van der Waals surface area (Å²) in [7, 11) is 1.43. The second-order valence-electron chi connectivity index (χ2n) is 3.87. The molecule has 0 fully saturated rings. The Balaban J connectivity index is 2.97. The fraction of sp³-hybridized carbons (Fsp3) is 0.444. The van der Waals surface area contributed by atoms with Crippen LogP contribution in [0.3, 0.4) is 0 Å². The largest absolute Gasteiger partial charge is 0.437 e. The minimum atomic E-state index is -0.719. The maximum atomic E-state index is 11.8. The van der Waals surface area contributed by atoms with Crippen molar-refractivity contribution in [3.05, 3.63) is 17.8 Å². The van der Waals surface area contributed by atoms with Gasteiger partial charge in [0.1, 0.15) is 0 Å². The molecule has 0 aromatic carbocycles. The molecule has 1 N–H and O–H groups in total. The van der Waals surface area contributed by atoms with Crippen molar-refractivity contribution >= 4 is 37.3 Å². The molecule has 0 spiro atoms. The third kappa shape index (κ3) is 3.67. The molecule has 17 heavy (non-hydrogen) atoms. The number of thiol groups is 2. The van der Waals surface area contributed by atoms with Crippen LogP contribution in [0.25, 0.3) is 0 Å². The number of carbonyl (C=O) groups is 2. The Hall–Kier alpha value is -1.15. The highest BCUT2D eigenvalue weighted by molar-refractivity contribution is 7.81. The Morgan fingerprint density at radius 3 is 2.59 bits per heavy atom. The first-order valence-corrected chi connectivity index (χ1v) is 5.52. The van der Waals surface area contributed by atoms with Crippen LogP contribution in [0.1, 0.15) is 34.9 Å². The fourth-order valence-electron chi connectivity index (χ4n) is 1.04. The topological polar surface area (TPSA) is 75.4 Å². The van der Waals surface area contributed by atoms with Crippen LogP contribution >= 0.6 is 25.4 Å². The second-order valence-corrected chi connectivity index (χ2v) is 5.59. The average Bonchev–Trinajstić information content (AvgIpc) is 2.61. The molecule has 0 saturated carbocycles. The lowest BCUT2D eigenvalue weighted by atomic mass is 10.3. The Morgan fingerprint density at radius 1 is 1.53 bits per heavy atom. The van der Waals surface area contributed by atoms with Crippen molar-refractivity contribution in [1.29, 1.82) is 0 Å². The summed E-state index contributed by atoms with van der Waals surface area (Å²) in [6.07, 6.45) is 1.03. The van der Waals surface area contributed by atoms with Gasteiger partial charge in [-0.25, -0.2) is 4.98 Å². The van der Waals surface area contributed by atoms with Gasteiger partial charge in [0, 0.05) is 7.05 Å². The van der Waals surface area contributed by atoms with Crippen LogP contribution in [0.5, 0.6) is 0 Å². The Bertz CT molecular complexity index is 437. The Kier molecular flexibility index (Phi) is 4.10. The lowest BCUT2D eigenvalue weighted by Gasteiger charge is -2.18. The fourth-order valence-corrected chi connectivity index (χ4v) is 1.24. The van der Waals surface area contributed by atoms with Gasteiger partial charge in [-0.1, -0.05) is 12.8 Å². The van der Waals surface area contributed by atoms with Crippen molar-refractivity contribution in [2.75, 3.05) is 7.05 Å². The van der Waals surface area contributed by atoms with Gasteiger partial charge in [0.05, 0.1) is 4.87 Å². The van der Waals surface area contributed by atoms with Crippen LogP contribution in [0.2, 0.25) is 0 Å². The molecule has 1 aromatic heterocycles. The highest BCUT2D eigenvalue weighted by atomic mass is 32.1. The van der Waals surface area contributed by atoms with E-state index in [0.29, 0.717) is 0 Å². The minimum absolute atomic E-state index is 0.0852. The quantitative estimate of drug-likeness (QED) is 0.568. The summed E-state index contributed by atoms with van der Waals surface area (Å²) in [4.78, 5) is 26.4. The molecular weight excluding hydrogens is 262 g/mol. The molecule has 2 amide bonds. The normalized spacial score (nSPS) is 11.1. The zero-order chi connectivity index (χ0) is 13.2. The molecular formula is C9H13N3O3S2. The molecule has 0 aliphatic carbocycles. The SMILES string of the molecule is CN(S)C(=O)c1ocnc1C(=O)NC(C)(C)S. The number of aromatic nitrogens is 1. The van der Waals surface area contributed by atoms with E-state index >= 15 is 0 Å². The van der Waals surface area contributed by atoms with E-state index < -0.39 is 16.7 Å². The van der Waals surface area contributed by atoms with Gasteiger partial charge >= 0.3 is 5.91 Å². The molecule has 0 radical (unpaired) electrons. The zero-order valence-electron chi connectivity index (χ0n) is 9.59. The molecule has 0 aliphatic heterocycles. The van der Waals surface area contributed by atoms with Crippen molar-refractivity contribution in [2.45, 2.75) is 18.7 Å². The van der Waals surface area contributed by atoms with Crippen LogP contribution in [0.4, 0.5) is 0 Å². The van der Waals surface area contributed by atoms with E-state index in [1.165, 1.54) is 7.05 Å². The number of amides is 2. The molecule has 0 atom stereocenters. The molecule has 0 unspecified atom stereocenters. The van der Waals surface area contributed by atoms with Gasteiger partial charge in [0.2, 0.25) is 5.76 Å². The van der Waals surface area contributed by atoms with Gasteiger partial charge in [-0.15, -0.1) is 0 Å². The van der Waals surface area contributed by atoms with Crippen LogP contribution in [-0.4, -0.2) is 33.0 Å². The summed E-state index contributed by atoms with van der Waals surface area (Å²) >= 11 is 7.98. The van der Waals surface area contributed by atoms with Crippen LogP contribution < -0.4 is 5.32 Å². The van der Waals surface area contributed by atoms with Crippen molar-refractivity contribution in [3.8, 4) is 0 Å². The third-order valence-corrected chi connectivity index (χ3v) is 1.98. The van der Waals surface area contributed by atoms with Crippen molar-refractivity contribution in [3.63, 3.8) is 0 Å². The molecule has 1 rings (SSSR count). The lowest BCUT2D eigenvalue weighted by Crippen LogP contribution is -2.39. The molecule has 6 nitrogen and oxygen atoms in total. The average molecular weight is 275 g/mol. The molecule has 1 heterocycles. The van der Waals surface area contributed by atoms with E-state index in [1.54, 1.807) is 13.8 Å². The zero-order valence-corrected chi connectivity index (χ0v) is 11.4. The number of rotatable bonds is 3. The van der Waals surface area contributed by atoms with Crippen molar-refractivity contribution in [2.24, 2.45) is 0 Å². The van der Waals surface area contributed by atoms with Crippen LogP contribution in [-0.2, 0) is 0 Å². The second kappa shape index (κ2) is 5.01. The van der Waals surface area contributed by atoms with E-state index in [4.69, 9.17) is 4.42 Å². The number of hydrogen-bond donors (Lipinski definition) is 3. The van der Waals surface area contributed by atoms with Gasteiger partial charge in [0.25, 0.3) is 5.91 Å². The van der Waals surface area contributed by atoms with Crippen molar-refractivity contribution < 1.29 is 14.0 Å².